The van der Waals surface area contributed by atoms with E-state index in [9.17, 15) is 4.79 Å². The third-order valence-corrected chi connectivity index (χ3v) is 6.16. The van der Waals surface area contributed by atoms with Gasteiger partial charge in [-0.1, -0.05) is 41.0 Å². The number of aromatic nitrogens is 3. The fourth-order valence-corrected chi connectivity index (χ4v) is 3.88. The van der Waals surface area contributed by atoms with Gasteiger partial charge in [0, 0.05) is 12.6 Å². The van der Waals surface area contributed by atoms with Gasteiger partial charge >= 0.3 is 0 Å². The van der Waals surface area contributed by atoms with Crippen molar-refractivity contribution in [2.75, 3.05) is 32.4 Å². The minimum absolute atomic E-state index is 0.115. The number of benzene rings is 2. The SMILES string of the molecule is COc1cc(-c2nnc(SCC(=O)Nc3cccc(Cl)c3Cl)n2C)cc(OC)c1OC. The van der Waals surface area contributed by atoms with Crippen molar-refractivity contribution < 1.29 is 19.0 Å². The van der Waals surface area contributed by atoms with Crippen molar-refractivity contribution in [3.8, 4) is 28.6 Å². The Labute approximate surface area is 193 Å². The fourth-order valence-electron chi connectivity index (χ4n) is 2.82. The number of amides is 1. The second kappa shape index (κ2) is 10.1. The molecule has 1 aromatic heterocycles. The Kier molecular flexibility index (Phi) is 7.53. The molecule has 0 saturated heterocycles. The summed E-state index contributed by atoms with van der Waals surface area (Å²) in [5.41, 5.74) is 1.18. The zero-order valence-electron chi connectivity index (χ0n) is 17.2. The van der Waals surface area contributed by atoms with Crippen LogP contribution in [0, 0.1) is 0 Å². The van der Waals surface area contributed by atoms with Gasteiger partial charge in [-0.2, -0.15) is 0 Å². The molecule has 11 heteroatoms. The average molecular weight is 483 g/mol. The van der Waals surface area contributed by atoms with Gasteiger partial charge in [-0.25, -0.2) is 0 Å². The molecule has 0 aliphatic heterocycles. The molecule has 8 nitrogen and oxygen atoms in total. The van der Waals surface area contributed by atoms with Crippen molar-refractivity contribution in [3.05, 3.63) is 40.4 Å². The number of ether oxygens (including phenoxy) is 3. The number of rotatable bonds is 8. The van der Waals surface area contributed by atoms with E-state index in [1.807, 2.05) is 7.05 Å². The number of nitrogens with one attached hydrogen (secondary N) is 1. The van der Waals surface area contributed by atoms with Gasteiger partial charge in [0.05, 0.1) is 42.8 Å². The largest absolute Gasteiger partial charge is 0.493 e. The summed E-state index contributed by atoms with van der Waals surface area (Å²) in [7, 11) is 6.44. The van der Waals surface area contributed by atoms with Crippen LogP contribution in [0.1, 0.15) is 0 Å². The maximum Gasteiger partial charge on any atom is 0.234 e. The summed E-state index contributed by atoms with van der Waals surface area (Å²) in [5.74, 6) is 1.96. The highest BCUT2D eigenvalue weighted by molar-refractivity contribution is 7.99. The van der Waals surface area contributed by atoms with Crippen LogP contribution < -0.4 is 19.5 Å². The van der Waals surface area contributed by atoms with E-state index in [-0.39, 0.29) is 11.7 Å². The van der Waals surface area contributed by atoms with Crippen LogP contribution in [0.15, 0.2) is 35.5 Å². The maximum atomic E-state index is 12.3. The van der Waals surface area contributed by atoms with Crippen molar-refractivity contribution in [2.24, 2.45) is 7.05 Å². The number of nitrogens with zero attached hydrogens (tertiary/aromatic N) is 3. The quantitative estimate of drug-likeness (QED) is 0.471. The Hall–Kier alpha value is -2.62. The van der Waals surface area contributed by atoms with Gasteiger partial charge in [0.2, 0.25) is 11.7 Å². The third-order valence-electron chi connectivity index (χ3n) is 4.32. The molecule has 164 valence electrons. The van der Waals surface area contributed by atoms with Crippen LogP contribution in [0.2, 0.25) is 10.0 Å². The van der Waals surface area contributed by atoms with Crippen LogP contribution >= 0.6 is 35.0 Å². The van der Waals surface area contributed by atoms with Gasteiger partial charge in [0.25, 0.3) is 0 Å². The predicted octanol–water partition coefficient (Wildman–Crippen LogP) is 4.55. The van der Waals surface area contributed by atoms with Crippen molar-refractivity contribution in [1.82, 2.24) is 14.8 Å². The lowest BCUT2D eigenvalue weighted by molar-refractivity contribution is -0.113. The predicted molar refractivity (Wildman–Crippen MR) is 122 cm³/mol. The summed E-state index contributed by atoms with van der Waals surface area (Å²) in [6, 6.07) is 8.62. The van der Waals surface area contributed by atoms with Gasteiger partial charge in [0.15, 0.2) is 22.5 Å². The Morgan fingerprint density at radius 1 is 1.10 bits per heavy atom. The lowest BCUT2D eigenvalue weighted by atomic mass is 10.1. The fraction of sp³-hybridized carbons (Fsp3) is 0.250. The normalized spacial score (nSPS) is 10.6. The Balaban J connectivity index is 1.76. The molecule has 1 heterocycles. The van der Waals surface area contributed by atoms with E-state index < -0.39 is 0 Å². The van der Waals surface area contributed by atoms with E-state index in [0.29, 0.717) is 44.0 Å². The van der Waals surface area contributed by atoms with Crippen LogP contribution in [0.5, 0.6) is 17.2 Å². The van der Waals surface area contributed by atoms with Crippen molar-refractivity contribution in [3.63, 3.8) is 0 Å². The molecule has 1 N–H and O–H groups in total. The number of carbonyl (C=O) groups is 1. The molecule has 1 amide bonds. The molecule has 3 rings (SSSR count). The highest BCUT2D eigenvalue weighted by atomic mass is 35.5. The first-order chi connectivity index (χ1) is 14.9. The van der Waals surface area contributed by atoms with Crippen LogP contribution in [0.3, 0.4) is 0 Å². The molecule has 0 unspecified atom stereocenters. The second-order valence-corrected chi connectivity index (χ2v) is 7.95. The first kappa shape index (κ1) is 23.1. The Bertz CT molecular complexity index is 1080. The number of thioether (sulfide) groups is 1. The van der Waals surface area contributed by atoms with Crippen molar-refractivity contribution in [2.45, 2.75) is 5.16 Å². The number of hydrogen-bond acceptors (Lipinski definition) is 7. The molecule has 2 aromatic carbocycles. The molecule has 3 aromatic rings. The van der Waals surface area contributed by atoms with Crippen LogP contribution in [-0.4, -0.2) is 47.8 Å². The minimum atomic E-state index is -0.244. The van der Waals surface area contributed by atoms with Gasteiger partial charge in [-0.05, 0) is 24.3 Å². The van der Waals surface area contributed by atoms with Gasteiger partial charge in [-0.3, -0.25) is 4.79 Å². The number of hydrogen-bond donors (Lipinski definition) is 1. The van der Waals surface area contributed by atoms with Gasteiger partial charge in [-0.15, -0.1) is 10.2 Å². The van der Waals surface area contributed by atoms with E-state index in [1.165, 1.54) is 11.8 Å². The smallest absolute Gasteiger partial charge is 0.234 e. The lowest BCUT2D eigenvalue weighted by Crippen LogP contribution is -2.14. The molecular formula is C20H20Cl2N4O4S. The lowest BCUT2D eigenvalue weighted by Gasteiger charge is -2.14. The standard InChI is InChI=1S/C20H20Cl2N4O4S/c1-26-19(11-8-14(28-2)18(30-4)15(9-11)29-3)24-25-20(26)31-10-16(27)23-13-7-5-6-12(21)17(13)22/h5-9H,10H2,1-4H3,(H,23,27). The molecule has 0 fully saturated rings. The summed E-state index contributed by atoms with van der Waals surface area (Å²) in [4.78, 5) is 12.3. The van der Waals surface area contributed by atoms with E-state index >= 15 is 0 Å². The zero-order valence-corrected chi connectivity index (χ0v) is 19.6. The number of methoxy groups -OCH3 is 3. The molecule has 0 bridgehead atoms. The molecule has 0 aliphatic carbocycles. The van der Waals surface area contributed by atoms with E-state index in [0.717, 1.165) is 5.56 Å². The average Bonchev–Trinajstić information content (AvgIpc) is 3.14. The topological polar surface area (TPSA) is 87.5 Å². The summed E-state index contributed by atoms with van der Waals surface area (Å²) in [6.07, 6.45) is 0. The first-order valence-corrected chi connectivity index (χ1v) is 10.7. The van der Waals surface area contributed by atoms with E-state index in [1.54, 1.807) is 56.2 Å². The molecule has 0 atom stereocenters. The highest BCUT2D eigenvalue weighted by Gasteiger charge is 2.19. The summed E-state index contributed by atoms with van der Waals surface area (Å²) in [5, 5.41) is 12.4. The van der Waals surface area contributed by atoms with E-state index in [4.69, 9.17) is 37.4 Å². The zero-order chi connectivity index (χ0) is 22.5. The van der Waals surface area contributed by atoms with E-state index in [2.05, 4.69) is 15.5 Å². The van der Waals surface area contributed by atoms with Crippen molar-refractivity contribution in [1.29, 1.82) is 0 Å². The molecule has 0 radical (unpaired) electrons. The maximum absolute atomic E-state index is 12.3. The molecular weight excluding hydrogens is 463 g/mol. The molecule has 0 aliphatic rings. The monoisotopic (exact) mass is 482 g/mol. The highest BCUT2D eigenvalue weighted by Crippen LogP contribution is 2.41. The molecule has 31 heavy (non-hydrogen) atoms. The Morgan fingerprint density at radius 3 is 2.39 bits per heavy atom. The van der Waals surface area contributed by atoms with Crippen LogP contribution in [0.4, 0.5) is 5.69 Å². The first-order valence-electron chi connectivity index (χ1n) is 8.96. The van der Waals surface area contributed by atoms with Crippen LogP contribution in [-0.2, 0) is 11.8 Å². The van der Waals surface area contributed by atoms with Gasteiger partial charge in [0.1, 0.15) is 0 Å². The molecule has 0 saturated carbocycles. The third kappa shape index (κ3) is 5.00. The number of carbonyl (C=O) groups excluding carboxylic acids is 1. The second-order valence-electron chi connectivity index (χ2n) is 6.22. The summed E-state index contributed by atoms with van der Waals surface area (Å²) in [6.45, 7) is 0. The summed E-state index contributed by atoms with van der Waals surface area (Å²) < 4.78 is 17.9. The molecule has 0 spiro atoms. The van der Waals surface area contributed by atoms with Gasteiger partial charge < -0.3 is 24.1 Å². The summed E-state index contributed by atoms with van der Waals surface area (Å²) >= 11 is 13.3. The number of anilines is 1. The van der Waals surface area contributed by atoms with Crippen molar-refractivity contribution >= 4 is 46.6 Å². The minimum Gasteiger partial charge on any atom is -0.493 e. The Morgan fingerprint density at radius 2 is 1.77 bits per heavy atom. The number of halogens is 2. The van der Waals surface area contributed by atoms with Crippen LogP contribution in [0.25, 0.3) is 11.4 Å².